The summed E-state index contributed by atoms with van der Waals surface area (Å²) >= 11 is 0. The average Bonchev–Trinajstić information content (AvgIpc) is 2.41. The molecule has 0 amide bonds. The van der Waals surface area contributed by atoms with E-state index >= 15 is 0 Å². The average molecular weight is 170 g/mol. The monoisotopic (exact) mass is 170 g/mol. The Morgan fingerprint density at radius 1 is 1.17 bits per heavy atom. The lowest BCUT2D eigenvalue weighted by molar-refractivity contribution is -0.116. The van der Waals surface area contributed by atoms with Crippen molar-refractivity contribution < 1.29 is 14.4 Å². The van der Waals surface area contributed by atoms with E-state index in [0.29, 0.717) is 18.9 Å². The number of aldehydes is 3. The third-order valence-electron chi connectivity index (χ3n) is 2.06. The normalized spacial score (nSPS) is 36.2. The van der Waals surface area contributed by atoms with E-state index in [1.807, 2.05) is 0 Å². The molecule has 1 heterocycles. The first-order valence-corrected chi connectivity index (χ1v) is 3.58. The van der Waals surface area contributed by atoms with E-state index in [0.717, 1.165) is 0 Å². The van der Waals surface area contributed by atoms with Crippen molar-refractivity contribution in [2.75, 3.05) is 7.05 Å². The highest BCUT2D eigenvalue weighted by Gasteiger charge is 2.37. The van der Waals surface area contributed by atoms with E-state index < -0.39 is 18.2 Å². The van der Waals surface area contributed by atoms with Gasteiger partial charge in [0.2, 0.25) is 0 Å². The van der Waals surface area contributed by atoms with Crippen molar-refractivity contribution in [3.63, 3.8) is 0 Å². The fourth-order valence-corrected chi connectivity index (χ4v) is 1.29. The van der Waals surface area contributed by atoms with Gasteiger partial charge in [-0.05, 0) is 7.05 Å². The van der Waals surface area contributed by atoms with E-state index in [2.05, 4.69) is 5.32 Å². The van der Waals surface area contributed by atoms with E-state index in [9.17, 15) is 14.4 Å². The van der Waals surface area contributed by atoms with Crippen LogP contribution in [0.1, 0.15) is 0 Å². The molecule has 0 aliphatic carbocycles. The maximum absolute atomic E-state index is 10.5. The topological polar surface area (TPSA) is 66.5 Å². The van der Waals surface area contributed by atoms with Gasteiger partial charge in [-0.1, -0.05) is 0 Å². The van der Waals surface area contributed by atoms with Crippen LogP contribution in [0.25, 0.3) is 0 Å². The van der Waals surface area contributed by atoms with Crippen molar-refractivity contribution in [3.8, 4) is 0 Å². The number of rotatable bonds is 3. The predicted octanol–water partition coefficient (Wildman–Crippen LogP) is -1.82. The number of hydrogen-bond donors (Lipinski definition) is 1. The highest BCUT2D eigenvalue weighted by atomic mass is 16.1. The summed E-state index contributed by atoms with van der Waals surface area (Å²) in [6.45, 7) is 0. The Hall–Kier alpha value is -1.07. The van der Waals surface area contributed by atoms with Gasteiger partial charge in [0.15, 0.2) is 6.29 Å². The molecule has 0 spiro atoms. The Kier molecular flexibility index (Phi) is 2.67. The van der Waals surface area contributed by atoms with Gasteiger partial charge in [-0.25, -0.2) is 0 Å². The van der Waals surface area contributed by atoms with Crippen molar-refractivity contribution in [3.05, 3.63) is 0 Å². The van der Waals surface area contributed by atoms with Gasteiger partial charge < -0.3 is 14.4 Å². The van der Waals surface area contributed by atoms with Crippen LogP contribution in [0, 0.1) is 0 Å². The Morgan fingerprint density at radius 3 is 2.17 bits per heavy atom. The molecule has 0 aromatic rings. The number of likely N-dealkylation sites (N-methyl/N-ethyl adjacent to an activating group) is 1. The van der Waals surface area contributed by atoms with Crippen LogP contribution in [0.15, 0.2) is 0 Å². The largest absolute Gasteiger partial charge is 0.302 e. The van der Waals surface area contributed by atoms with Crippen molar-refractivity contribution in [2.45, 2.75) is 18.2 Å². The first-order chi connectivity index (χ1) is 5.74. The van der Waals surface area contributed by atoms with Gasteiger partial charge in [-0.3, -0.25) is 10.2 Å². The van der Waals surface area contributed by atoms with E-state index in [1.54, 1.807) is 7.05 Å². The highest BCUT2D eigenvalue weighted by molar-refractivity contribution is 5.74. The maximum atomic E-state index is 10.5. The van der Waals surface area contributed by atoms with Gasteiger partial charge in [0.25, 0.3) is 0 Å². The van der Waals surface area contributed by atoms with E-state index in [-0.39, 0.29) is 0 Å². The standard InChI is InChI=1S/C7H10N2O3/c1-9-6(3-11)5(2-10)8-7(9)4-12/h2-8H,1H3. The molecule has 1 fully saturated rings. The smallest absolute Gasteiger partial charge is 0.151 e. The minimum Gasteiger partial charge on any atom is -0.302 e. The molecule has 5 nitrogen and oxygen atoms in total. The second kappa shape index (κ2) is 3.55. The van der Waals surface area contributed by atoms with Crippen LogP contribution in [0.4, 0.5) is 0 Å². The molecule has 12 heavy (non-hydrogen) atoms. The third kappa shape index (κ3) is 1.28. The zero-order valence-electron chi connectivity index (χ0n) is 6.64. The highest BCUT2D eigenvalue weighted by Crippen LogP contribution is 2.10. The van der Waals surface area contributed by atoms with Crippen molar-refractivity contribution >= 4 is 18.9 Å². The van der Waals surface area contributed by atoms with Crippen LogP contribution in [0.5, 0.6) is 0 Å². The zero-order valence-corrected chi connectivity index (χ0v) is 6.64. The fraction of sp³-hybridized carbons (Fsp3) is 0.571. The van der Waals surface area contributed by atoms with Crippen molar-refractivity contribution in [2.24, 2.45) is 0 Å². The Labute approximate surface area is 69.7 Å². The number of carbonyl (C=O) groups excluding carboxylic acids is 3. The van der Waals surface area contributed by atoms with Crippen LogP contribution < -0.4 is 5.32 Å². The molecule has 0 saturated carbocycles. The summed E-state index contributed by atoms with van der Waals surface area (Å²) in [4.78, 5) is 32.8. The van der Waals surface area contributed by atoms with Crippen LogP contribution in [0.3, 0.4) is 0 Å². The molecule has 1 saturated heterocycles. The molecule has 1 N–H and O–H groups in total. The lowest BCUT2D eigenvalue weighted by atomic mass is 10.2. The maximum Gasteiger partial charge on any atom is 0.151 e. The number of carbonyl (C=O) groups is 3. The molecular weight excluding hydrogens is 160 g/mol. The van der Waals surface area contributed by atoms with E-state index in [4.69, 9.17) is 0 Å². The summed E-state index contributed by atoms with van der Waals surface area (Å²) in [5, 5.41) is 2.70. The third-order valence-corrected chi connectivity index (χ3v) is 2.06. The molecule has 3 atom stereocenters. The summed E-state index contributed by atoms with van der Waals surface area (Å²) in [5.74, 6) is 0. The van der Waals surface area contributed by atoms with Gasteiger partial charge in [0.1, 0.15) is 18.7 Å². The molecule has 0 bridgehead atoms. The molecule has 1 rings (SSSR count). The summed E-state index contributed by atoms with van der Waals surface area (Å²) < 4.78 is 0. The molecule has 5 heteroatoms. The molecule has 1 aliphatic rings. The van der Waals surface area contributed by atoms with Gasteiger partial charge in [0, 0.05) is 0 Å². The molecule has 0 aromatic carbocycles. The molecule has 1 aliphatic heterocycles. The van der Waals surface area contributed by atoms with Crippen LogP contribution >= 0.6 is 0 Å². The van der Waals surface area contributed by atoms with Crippen molar-refractivity contribution in [1.29, 1.82) is 0 Å². The fourth-order valence-electron chi connectivity index (χ4n) is 1.29. The number of nitrogens with one attached hydrogen (secondary N) is 1. The molecule has 3 unspecified atom stereocenters. The quantitative estimate of drug-likeness (QED) is 0.505. The SMILES string of the molecule is CN1C(C=O)NC(C=O)C1C=O. The molecule has 0 radical (unpaired) electrons. The van der Waals surface area contributed by atoms with Crippen molar-refractivity contribution in [1.82, 2.24) is 10.2 Å². The minimum atomic E-state index is -0.567. The Bertz CT molecular complexity index is 207. The molecule has 66 valence electrons. The summed E-state index contributed by atoms with van der Waals surface area (Å²) in [6, 6.07) is -1.10. The first kappa shape index (κ1) is 9.02. The molecular formula is C7H10N2O3. The summed E-state index contributed by atoms with van der Waals surface area (Å²) in [7, 11) is 1.62. The van der Waals surface area contributed by atoms with Gasteiger partial charge in [-0.2, -0.15) is 0 Å². The zero-order chi connectivity index (χ0) is 9.14. The van der Waals surface area contributed by atoms with Crippen LogP contribution in [0.2, 0.25) is 0 Å². The second-order valence-corrected chi connectivity index (χ2v) is 2.70. The Morgan fingerprint density at radius 2 is 1.83 bits per heavy atom. The lowest BCUT2D eigenvalue weighted by Crippen LogP contribution is -2.37. The number of nitrogens with zero attached hydrogens (tertiary/aromatic N) is 1. The van der Waals surface area contributed by atoms with Gasteiger partial charge >= 0.3 is 0 Å². The second-order valence-electron chi connectivity index (χ2n) is 2.70. The van der Waals surface area contributed by atoms with Gasteiger partial charge in [-0.15, -0.1) is 0 Å². The van der Waals surface area contributed by atoms with E-state index in [1.165, 1.54) is 4.90 Å². The number of hydrogen-bond acceptors (Lipinski definition) is 5. The first-order valence-electron chi connectivity index (χ1n) is 3.58. The summed E-state index contributed by atoms with van der Waals surface area (Å²) in [6.07, 6.45) is 1.43. The summed E-state index contributed by atoms with van der Waals surface area (Å²) in [5.41, 5.74) is 0. The van der Waals surface area contributed by atoms with Crippen LogP contribution in [-0.2, 0) is 14.4 Å². The molecule has 0 aromatic heterocycles. The minimum absolute atomic E-state index is 0.530. The Balaban J connectivity index is 2.77. The lowest BCUT2D eigenvalue weighted by Gasteiger charge is -2.16. The predicted molar refractivity (Wildman–Crippen MR) is 40.5 cm³/mol. The van der Waals surface area contributed by atoms with Gasteiger partial charge in [0.05, 0.1) is 12.1 Å². The van der Waals surface area contributed by atoms with Crippen LogP contribution in [-0.4, -0.2) is 49.1 Å².